The summed E-state index contributed by atoms with van der Waals surface area (Å²) in [5, 5.41) is 11.6. The van der Waals surface area contributed by atoms with Gasteiger partial charge in [0, 0.05) is 13.1 Å². The molecular formula is C17H23N5O. The van der Waals surface area contributed by atoms with Crippen molar-refractivity contribution in [2.45, 2.75) is 26.7 Å². The minimum Gasteiger partial charge on any atom is -0.492 e. The highest BCUT2D eigenvalue weighted by Gasteiger charge is 2.19. The first-order chi connectivity index (χ1) is 11.3. The van der Waals surface area contributed by atoms with E-state index in [0.717, 1.165) is 24.5 Å². The molecule has 0 saturated carbocycles. The van der Waals surface area contributed by atoms with Crippen LogP contribution >= 0.6 is 0 Å². The van der Waals surface area contributed by atoms with E-state index < -0.39 is 0 Å². The Morgan fingerprint density at radius 1 is 1.35 bits per heavy atom. The summed E-state index contributed by atoms with van der Waals surface area (Å²) in [5.74, 6) is 2.85. The summed E-state index contributed by atoms with van der Waals surface area (Å²) in [6.07, 6.45) is 4.08. The monoisotopic (exact) mass is 313 g/mol. The fraction of sp³-hybridized carbons (Fsp3) is 0.471. The van der Waals surface area contributed by atoms with Crippen molar-refractivity contribution >= 4 is 17.5 Å². The molecule has 1 aromatic heterocycles. The molecule has 0 aliphatic carbocycles. The van der Waals surface area contributed by atoms with E-state index in [-0.39, 0.29) is 0 Å². The minimum absolute atomic E-state index is 0.623. The molecule has 1 fully saturated rings. The van der Waals surface area contributed by atoms with Crippen LogP contribution in [0.3, 0.4) is 0 Å². The maximum Gasteiger partial charge on any atom is 0.247 e. The molecule has 122 valence electrons. The fourth-order valence-corrected chi connectivity index (χ4v) is 2.85. The molecule has 0 bridgehead atoms. The van der Waals surface area contributed by atoms with Gasteiger partial charge in [0.15, 0.2) is 5.82 Å². The summed E-state index contributed by atoms with van der Waals surface area (Å²) < 4.78 is 5.63. The van der Waals surface area contributed by atoms with Crippen molar-refractivity contribution in [3.63, 3.8) is 0 Å². The van der Waals surface area contributed by atoms with E-state index in [1.165, 1.54) is 12.8 Å². The molecule has 1 saturated heterocycles. The molecule has 1 unspecified atom stereocenters. The van der Waals surface area contributed by atoms with Crippen molar-refractivity contribution in [1.82, 2.24) is 15.2 Å². The predicted molar refractivity (Wildman–Crippen MR) is 91.3 cm³/mol. The van der Waals surface area contributed by atoms with Gasteiger partial charge in [-0.3, -0.25) is 0 Å². The maximum atomic E-state index is 5.63. The Balaban J connectivity index is 1.78. The molecule has 1 aromatic carbocycles. The van der Waals surface area contributed by atoms with E-state index in [0.29, 0.717) is 24.3 Å². The summed E-state index contributed by atoms with van der Waals surface area (Å²) in [4.78, 5) is 6.82. The van der Waals surface area contributed by atoms with Gasteiger partial charge in [-0.1, -0.05) is 19.1 Å². The Bertz CT molecular complexity index is 648. The molecular weight excluding hydrogens is 290 g/mol. The Morgan fingerprint density at radius 2 is 2.22 bits per heavy atom. The summed E-state index contributed by atoms with van der Waals surface area (Å²) in [6, 6.07) is 7.82. The Labute approximate surface area is 136 Å². The summed E-state index contributed by atoms with van der Waals surface area (Å²) in [7, 11) is 0. The smallest absolute Gasteiger partial charge is 0.247 e. The van der Waals surface area contributed by atoms with E-state index in [4.69, 9.17) is 4.74 Å². The van der Waals surface area contributed by atoms with E-state index in [1.807, 2.05) is 31.2 Å². The molecule has 1 aliphatic heterocycles. The van der Waals surface area contributed by atoms with Gasteiger partial charge in [0.1, 0.15) is 5.75 Å². The number of nitrogens with zero attached hydrogens (tertiary/aromatic N) is 4. The largest absolute Gasteiger partial charge is 0.492 e. The van der Waals surface area contributed by atoms with Crippen LogP contribution in [0.25, 0.3) is 0 Å². The summed E-state index contributed by atoms with van der Waals surface area (Å²) in [5.41, 5.74) is 0.882. The quantitative estimate of drug-likeness (QED) is 0.914. The lowest BCUT2D eigenvalue weighted by molar-refractivity contribution is 0.342. The van der Waals surface area contributed by atoms with Crippen molar-refractivity contribution < 1.29 is 4.74 Å². The average molecular weight is 313 g/mol. The standard InChI is InChI=1S/C17H23N5O/c1-3-23-15-9-5-4-8-14(15)19-16-11-18-21-17(20-16)22-10-6-7-13(2)12-22/h4-5,8-9,11,13H,3,6-7,10,12H2,1-2H3,(H,19,20,21). The molecule has 0 amide bonds. The van der Waals surface area contributed by atoms with Crippen molar-refractivity contribution in [3.8, 4) is 5.75 Å². The topological polar surface area (TPSA) is 63.2 Å². The van der Waals surface area contributed by atoms with Gasteiger partial charge >= 0.3 is 0 Å². The second-order valence-corrected chi connectivity index (χ2v) is 5.89. The van der Waals surface area contributed by atoms with Crippen molar-refractivity contribution in [2.24, 2.45) is 5.92 Å². The molecule has 1 N–H and O–H groups in total. The van der Waals surface area contributed by atoms with Crippen LogP contribution in [0.5, 0.6) is 5.75 Å². The van der Waals surface area contributed by atoms with Crippen LogP contribution in [0.15, 0.2) is 30.5 Å². The van der Waals surface area contributed by atoms with Gasteiger partial charge in [0.25, 0.3) is 0 Å². The van der Waals surface area contributed by atoms with E-state index in [1.54, 1.807) is 6.20 Å². The highest BCUT2D eigenvalue weighted by atomic mass is 16.5. The van der Waals surface area contributed by atoms with E-state index in [9.17, 15) is 0 Å². The second kappa shape index (κ2) is 7.26. The van der Waals surface area contributed by atoms with Gasteiger partial charge in [-0.05, 0) is 37.8 Å². The number of ether oxygens (including phenoxy) is 1. The molecule has 6 heteroatoms. The van der Waals surface area contributed by atoms with E-state index >= 15 is 0 Å². The molecule has 3 rings (SSSR count). The highest BCUT2D eigenvalue weighted by molar-refractivity contribution is 5.64. The van der Waals surface area contributed by atoms with Gasteiger partial charge in [-0.2, -0.15) is 10.1 Å². The molecule has 2 heterocycles. The lowest BCUT2D eigenvalue weighted by Gasteiger charge is -2.30. The van der Waals surface area contributed by atoms with Crippen LogP contribution in [-0.2, 0) is 0 Å². The number of hydrogen-bond acceptors (Lipinski definition) is 6. The SMILES string of the molecule is CCOc1ccccc1Nc1cnnc(N2CCCC(C)C2)n1. The zero-order chi connectivity index (χ0) is 16.1. The Hall–Kier alpha value is -2.37. The van der Waals surface area contributed by atoms with Gasteiger partial charge in [-0.15, -0.1) is 5.10 Å². The van der Waals surface area contributed by atoms with Crippen LogP contribution in [0.1, 0.15) is 26.7 Å². The van der Waals surface area contributed by atoms with Gasteiger partial charge < -0.3 is 15.0 Å². The maximum absolute atomic E-state index is 5.63. The predicted octanol–water partition coefficient (Wildman–Crippen LogP) is 3.25. The highest BCUT2D eigenvalue weighted by Crippen LogP contribution is 2.27. The van der Waals surface area contributed by atoms with Gasteiger partial charge in [0.2, 0.25) is 5.95 Å². The molecule has 6 nitrogen and oxygen atoms in total. The van der Waals surface area contributed by atoms with Crippen molar-refractivity contribution in [1.29, 1.82) is 0 Å². The number of aromatic nitrogens is 3. The first-order valence-electron chi connectivity index (χ1n) is 8.19. The molecule has 0 radical (unpaired) electrons. The van der Waals surface area contributed by atoms with Crippen LogP contribution in [0.4, 0.5) is 17.5 Å². The zero-order valence-electron chi connectivity index (χ0n) is 13.7. The third-order valence-electron chi connectivity index (χ3n) is 3.94. The number of piperidine rings is 1. The van der Waals surface area contributed by atoms with Crippen LogP contribution in [-0.4, -0.2) is 34.9 Å². The molecule has 1 aliphatic rings. The Kier molecular flexibility index (Phi) is 4.90. The van der Waals surface area contributed by atoms with Crippen LogP contribution in [0.2, 0.25) is 0 Å². The molecule has 23 heavy (non-hydrogen) atoms. The number of nitrogens with one attached hydrogen (secondary N) is 1. The van der Waals surface area contributed by atoms with Crippen LogP contribution < -0.4 is 15.0 Å². The third kappa shape index (κ3) is 3.88. The minimum atomic E-state index is 0.623. The van der Waals surface area contributed by atoms with Gasteiger partial charge in [-0.25, -0.2) is 0 Å². The number of hydrogen-bond donors (Lipinski definition) is 1. The molecule has 0 spiro atoms. The van der Waals surface area contributed by atoms with Gasteiger partial charge in [0.05, 0.1) is 18.5 Å². The number of para-hydroxylation sites is 2. The second-order valence-electron chi connectivity index (χ2n) is 5.89. The fourth-order valence-electron chi connectivity index (χ4n) is 2.85. The average Bonchev–Trinajstić information content (AvgIpc) is 2.57. The third-order valence-corrected chi connectivity index (χ3v) is 3.94. The number of anilines is 3. The van der Waals surface area contributed by atoms with Crippen molar-refractivity contribution in [2.75, 3.05) is 29.9 Å². The first kappa shape index (κ1) is 15.5. The van der Waals surface area contributed by atoms with Crippen molar-refractivity contribution in [3.05, 3.63) is 30.5 Å². The Morgan fingerprint density at radius 3 is 3.04 bits per heavy atom. The summed E-state index contributed by atoms with van der Waals surface area (Å²) in [6.45, 7) is 6.84. The normalized spacial score (nSPS) is 17.8. The number of rotatable bonds is 5. The molecule has 1 atom stereocenters. The number of benzene rings is 1. The zero-order valence-corrected chi connectivity index (χ0v) is 13.7. The van der Waals surface area contributed by atoms with E-state index in [2.05, 4.69) is 32.3 Å². The summed E-state index contributed by atoms with van der Waals surface area (Å²) >= 11 is 0. The molecule has 2 aromatic rings. The first-order valence-corrected chi connectivity index (χ1v) is 8.19. The lowest BCUT2D eigenvalue weighted by Crippen LogP contribution is -2.35. The lowest BCUT2D eigenvalue weighted by atomic mass is 10.0. The van der Waals surface area contributed by atoms with Crippen LogP contribution in [0, 0.1) is 5.92 Å².